The second kappa shape index (κ2) is 7.17. The lowest BCUT2D eigenvalue weighted by atomic mass is 9.91. The zero-order valence-corrected chi connectivity index (χ0v) is 13.8. The van der Waals surface area contributed by atoms with Crippen molar-refractivity contribution in [2.45, 2.75) is 31.7 Å². The topological polar surface area (TPSA) is 91.5 Å². The number of fused-ring (bicyclic) bond motifs is 1. The van der Waals surface area contributed by atoms with E-state index in [0.717, 1.165) is 30.5 Å². The Hall–Kier alpha value is -2.15. The van der Waals surface area contributed by atoms with Crippen LogP contribution in [0, 0.1) is 5.92 Å². The molecule has 3 rings (SSSR count). The van der Waals surface area contributed by atoms with Crippen molar-refractivity contribution in [2.75, 3.05) is 26.8 Å². The quantitative estimate of drug-likeness (QED) is 0.814. The third kappa shape index (κ3) is 3.51. The summed E-state index contributed by atoms with van der Waals surface area (Å²) in [7, 11) is 1.59. The number of aryl methyl sites for hydroxylation is 1. The molecule has 2 atom stereocenters. The number of aromatic amines is 1. The summed E-state index contributed by atoms with van der Waals surface area (Å²) in [4.78, 5) is 40.5. The minimum atomic E-state index is -0.317. The van der Waals surface area contributed by atoms with Crippen molar-refractivity contribution in [1.29, 1.82) is 0 Å². The van der Waals surface area contributed by atoms with Gasteiger partial charge in [0.05, 0.1) is 18.6 Å². The first-order valence-electron chi connectivity index (χ1n) is 8.37. The summed E-state index contributed by atoms with van der Waals surface area (Å²) in [6.07, 6.45) is 2.84. The van der Waals surface area contributed by atoms with Crippen molar-refractivity contribution >= 4 is 11.8 Å². The van der Waals surface area contributed by atoms with Crippen LogP contribution in [0.1, 0.15) is 36.6 Å². The van der Waals surface area contributed by atoms with E-state index in [0.29, 0.717) is 19.7 Å². The van der Waals surface area contributed by atoms with Crippen LogP contribution < -0.4 is 10.9 Å². The molecular formula is C17H23N3O4. The summed E-state index contributed by atoms with van der Waals surface area (Å²) in [5.41, 5.74) is 1.77. The molecule has 1 aliphatic heterocycles. The Labute approximate surface area is 140 Å². The molecule has 7 heteroatoms. The summed E-state index contributed by atoms with van der Waals surface area (Å²) in [6.45, 7) is 1.44. The predicted molar refractivity (Wildman–Crippen MR) is 87.4 cm³/mol. The molecule has 1 aromatic rings. The van der Waals surface area contributed by atoms with E-state index in [1.54, 1.807) is 18.1 Å². The molecule has 1 saturated heterocycles. The van der Waals surface area contributed by atoms with Gasteiger partial charge in [0.15, 0.2) is 0 Å². The fourth-order valence-corrected chi connectivity index (χ4v) is 3.51. The van der Waals surface area contributed by atoms with Crippen LogP contribution in [0.5, 0.6) is 0 Å². The van der Waals surface area contributed by atoms with Gasteiger partial charge < -0.3 is 19.9 Å². The largest absolute Gasteiger partial charge is 0.383 e. The number of methoxy groups -OCH3 is 1. The van der Waals surface area contributed by atoms with Crippen LogP contribution in [0.4, 0.5) is 0 Å². The number of ether oxygens (including phenoxy) is 1. The maximum absolute atomic E-state index is 12.6. The van der Waals surface area contributed by atoms with Crippen LogP contribution in [0.15, 0.2) is 16.9 Å². The molecule has 1 fully saturated rings. The molecule has 2 N–H and O–H groups in total. The van der Waals surface area contributed by atoms with E-state index in [-0.39, 0.29) is 35.8 Å². The summed E-state index contributed by atoms with van der Waals surface area (Å²) < 4.78 is 4.99. The summed E-state index contributed by atoms with van der Waals surface area (Å²) in [5, 5.41) is 3.06. The number of nitrogens with one attached hydrogen (secondary N) is 2. The Bertz CT molecular complexity index is 685. The molecule has 0 bridgehead atoms. The number of likely N-dealkylation sites (tertiary alicyclic amines) is 1. The molecule has 130 valence electrons. The van der Waals surface area contributed by atoms with Crippen LogP contribution >= 0.6 is 0 Å². The highest BCUT2D eigenvalue weighted by Gasteiger charge is 2.35. The van der Waals surface area contributed by atoms with E-state index in [4.69, 9.17) is 4.74 Å². The molecular weight excluding hydrogens is 310 g/mol. The molecule has 2 amide bonds. The maximum atomic E-state index is 12.6. The van der Waals surface area contributed by atoms with Crippen LogP contribution in [0.3, 0.4) is 0 Å². The van der Waals surface area contributed by atoms with Crippen molar-refractivity contribution in [3.63, 3.8) is 0 Å². The number of rotatable bonds is 5. The fourth-order valence-electron chi connectivity index (χ4n) is 3.51. The van der Waals surface area contributed by atoms with Crippen LogP contribution in [-0.2, 0) is 20.7 Å². The molecule has 1 aliphatic carbocycles. The third-order valence-electron chi connectivity index (χ3n) is 4.80. The normalized spacial score (nSPS) is 23.2. The molecule has 7 nitrogen and oxygen atoms in total. The van der Waals surface area contributed by atoms with Gasteiger partial charge in [0.2, 0.25) is 17.4 Å². The third-order valence-corrected chi connectivity index (χ3v) is 4.80. The van der Waals surface area contributed by atoms with E-state index in [2.05, 4.69) is 10.3 Å². The standard InChI is InChI=1S/C17H23N3O4/c1-24-8-7-20-10-11(9-16(20)22)17(23)19-14-4-2-3-13-12(14)5-6-15(21)18-13/h5-6,11,14H,2-4,7-10H2,1H3,(H,18,21)(H,19,23)/t11-,14+/m1/s1. The second-order valence-corrected chi connectivity index (χ2v) is 6.44. The molecule has 2 heterocycles. The lowest BCUT2D eigenvalue weighted by molar-refractivity contribution is -0.129. The van der Waals surface area contributed by atoms with Crippen molar-refractivity contribution in [3.8, 4) is 0 Å². The lowest BCUT2D eigenvalue weighted by Crippen LogP contribution is -2.37. The zero-order valence-electron chi connectivity index (χ0n) is 13.8. The fraction of sp³-hybridized carbons (Fsp3) is 0.588. The average molecular weight is 333 g/mol. The van der Waals surface area contributed by atoms with Crippen molar-refractivity contribution in [1.82, 2.24) is 15.2 Å². The van der Waals surface area contributed by atoms with Gasteiger partial charge >= 0.3 is 0 Å². The molecule has 0 radical (unpaired) electrons. The van der Waals surface area contributed by atoms with E-state index < -0.39 is 0 Å². The molecule has 2 aliphatic rings. The summed E-state index contributed by atoms with van der Waals surface area (Å²) in [6, 6.07) is 3.19. The van der Waals surface area contributed by atoms with E-state index in [1.807, 2.05) is 0 Å². The van der Waals surface area contributed by atoms with Gasteiger partial charge in [-0.05, 0) is 30.9 Å². The highest BCUT2D eigenvalue weighted by Crippen LogP contribution is 2.28. The zero-order chi connectivity index (χ0) is 17.1. The smallest absolute Gasteiger partial charge is 0.248 e. The number of H-pyrrole nitrogens is 1. The summed E-state index contributed by atoms with van der Waals surface area (Å²) in [5.74, 6) is -0.407. The maximum Gasteiger partial charge on any atom is 0.248 e. The van der Waals surface area contributed by atoms with Gasteiger partial charge in [0, 0.05) is 38.4 Å². The molecule has 24 heavy (non-hydrogen) atoms. The van der Waals surface area contributed by atoms with Crippen molar-refractivity contribution in [2.24, 2.45) is 5.92 Å². The highest BCUT2D eigenvalue weighted by molar-refractivity contribution is 5.89. The van der Waals surface area contributed by atoms with Gasteiger partial charge in [0.1, 0.15) is 0 Å². The Morgan fingerprint density at radius 3 is 3.04 bits per heavy atom. The monoisotopic (exact) mass is 333 g/mol. The van der Waals surface area contributed by atoms with Gasteiger partial charge in [0.25, 0.3) is 0 Å². The predicted octanol–water partition coefficient (Wildman–Crippen LogP) is 0.363. The van der Waals surface area contributed by atoms with Crippen LogP contribution in [-0.4, -0.2) is 48.5 Å². The number of carbonyl (C=O) groups excluding carboxylic acids is 2. The van der Waals surface area contributed by atoms with E-state index in [1.165, 1.54) is 6.07 Å². The lowest BCUT2D eigenvalue weighted by Gasteiger charge is -2.27. The Morgan fingerprint density at radius 1 is 1.42 bits per heavy atom. The van der Waals surface area contributed by atoms with Gasteiger partial charge in [-0.25, -0.2) is 0 Å². The van der Waals surface area contributed by atoms with Gasteiger partial charge in [-0.2, -0.15) is 0 Å². The molecule has 0 aromatic carbocycles. The minimum absolute atomic E-state index is 0.000532. The first-order chi connectivity index (χ1) is 11.6. The number of hydrogen-bond donors (Lipinski definition) is 2. The number of pyridine rings is 1. The molecule has 0 saturated carbocycles. The number of nitrogens with zero attached hydrogens (tertiary/aromatic N) is 1. The SMILES string of the molecule is COCCN1C[C@H](C(=O)N[C@H]2CCCc3[nH]c(=O)ccc32)CC1=O. The Kier molecular flexibility index (Phi) is 4.99. The van der Waals surface area contributed by atoms with Crippen molar-refractivity contribution in [3.05, 3.63) is 33.7 Å². The number of hydrogen-bond acceptors (Lipinski definition) is 4. The van der Waals surface area contributed by atoms with Gasteiger partial charge in [-0.3, -0.25) is 14.4 Å². The van der Waals surface area contributed by atoms with Crippen LogP contribution in [0.25, 0.3) is 0 Å². The first kappa shape index (κ1) is 16.7. The van der Waals surface area contributed by atoms with E-state index in [9.17, 15) is 14.4 Å². The minimum Gasteiger partial charge on any atom is -0.383 e. The Balaban J connectivity index is 1.64. The molecule has 0 spiro atoms. The number of carbonyl (C=O) groups is 2. The van der Waals surface area contributed by atoms with Crippen LogP contribution in [0.2, 0.25) is 0 Å². The van der Waals surface area contributed by atoms with E-state index >= 15 is 0 Å². The summed E-state index contributed by atoms with van der Waals surface area (Å²) >= 11 is 0. The molecule has 0 unspecified atom stereocenters. The average Bonchev–Trinajstić information content (AvgIpc) is 2.94. The highest BCUT2D eigenvalue weighted by atomic mass is 16.5. The van der Waals surface area contributed by atoms with Gasteiger partial charge in [-0.1, -0.05) is 0 Å². The first-order valence-corrected chi connectivity index (χ1v) is 8.37. The van der Waals surface area contributed by atoms with Crippen molar-refractivity contribution < 1.29 is 14.3 Å². The molecule has 1 aromatic heterocycles. The number of amides is 2. The second-order valence-electron chi connectivity index (χ2n) is 6.44. The van der Waals surface area contributed by atoms with Gasteiger partial charge in [-0.15, -0.1) is 0 Å². The Morgan fingerprint density at radius 2 is 2.25 bits per heavy atom. The number of aromatic nitrogens is 1.